The molecule has 0 rings (SSSR count). The van der Waals surface area contributed by atoms with E-state index in [-0.39, 0.29) is 58.3 Å². The molecule has 0 aliphatic rings. The Morgan fingerprint density at radius 1 is 1.12 bits per heavy atom. The van der Waals surface area contributed by atoms with Crippen molar-refractivity contribution in [2.24, 2.45) is 17.1 Å². The van der Waals surface area contributed by atoms with Crippen LogP contribution in [0.15, 0.2) is 0 Å². The van der Waals surface area contributed by atoms with Gasteiger partial charge in [-0.3, -0.25) is 0 Å². The number of amides is 2. The fraction of sp³-hybridized carbons (Fsp3) is 0.938. The van der Waals surface area contributed by atoms with Crippen molar-refractivity contribution in [1.82, 2.24) is 10.6 Å². The van der Waals surface area contributed by atoms with Gasteiger partial charge in [0.05, 0.1) is 45.1 Å². The Balaban J connectivity index is 4.12. The third-order valence-electron chi connectivity index (χ3n) is 3.94. The molecule has 0 unspecified atom stereocenters. The van der Waals surface area contributed by atoms with Crippen molar-refractivity contribution in [3.05, 3.63) is 0 Å². The molecule has 0 radical (unpaired) electrons. The van der Waals surface area contributed by atoms with Crippen LogP contribution in [0, 0.1) is 11.3 Å². The van der Waals surface area contributed by atoms with Crippen molar-refractivity contribution in [1.29, 1.82) is 0 Å². The zero-order valence-corrected chi connectivity index (χ0v) is 15.1. The Morgan fingerprint density at radius 2 is 1.76 bits per heavy atom. The molecular weight excluding hydrogens is 330 g/mol. The normalized spacial score (nSPS) is 13.1. The number of hydrogen-bond acceptors (Lipinski definition) is 7. The number of aliphatic hydroxyl groups is 4. The summed E-state index contributed by atoms with van der Waals surface area (Å²) >= 11 is 0. The van der Waals surface area contributed by atoms with E-state index in [1.54, 1.807) is 0 Å². The van der Waals surface area contributed by atoms with Gasteiger partial charge in [0.2, 0.25) is 0 Å². The van der Waals surface area contributed by atoms with Gasteiger partial charge in [0.15, 0.2) is 0 Å². The van der Waals surface area contributed by atoms with Crippen LogP contribution < -0.4 is 16.4 Å². The predicted octanol–water partition coefficient (Wildman–Crippen LogP) is -1.61. The minimum absolute atomic E-state index is 0.00876. The molecule has 150 valence electrons. The third-order valence-corrected chi connectivity index (χ3v) is 3.94. The highest BCUT2D eigenvalue weighted by Gasteiger charge is 2.30. The second-order valence-electron chi connectivity index (χ2n) is 6.65. The van der Waals surface area contributed by atoms with E-state index in [1.807, 2.05) is 6.92 Å². The largest absolute Gasteiger partial charge is 0.396 e. The average molecular weight is 365 g/mol. The monoisotopic (exact) mass is 365 g/mol. The molecule has 9 heteroatoms. The van der Waals surface area contributed by atoms with Crippen LogP contribution in [0.2, 0.25) is 0 Å². The standard InChI is InChI=1S/C16H35N3O6/c1-13(17)4-2-3-5-18-15(24)19-9-16(10-22,11-23)12-25-8-14(6-20)7-21/h13-14,20-23H,2-12,17H2,1H3,(H2,18,19,24)/t13-/m0/s1. The Morgan fingerprint density at radius 3 is 2.28 bits per heavy atom. The second kappa shape index (κ2) is 14.2. The molecule has 1 atom stereocenters. The third kappa shape index (κ3) is 11.3. The summed E-state index contributed by atoms with van der Waals surface area (Å²) in [5.41, 5.74) is 4.62. The molecule has 8 N–H and O–H groups in total. The summed E-state index contributed by atoms with van der Waals surface area (Å²) < 4.78 is 5.37. The van der Waals surface area contributed by atoms with Gasteiger partial charge in [-0.25, -0.2) is 4.79 Å². The lowest BCUT2D eigenvalue weighted by atomic mass is 9.91. The van der Waals surface area contributed by atoms with E-state index in [0.717, 1.165) is 19.3 Å². The number of nitrogens with two attached hydrogens (primary N) is 1. The first-order valence-corrected chi connectivity index (χ1v) is 8.71. The Kier molecular flexibility index (Phi) is 13.7. The number of carbonyl (C=O) groups excluding carboxylic acids is 1. The number of carbonyl (C=O) groups is 1. The van der Waals surface area contributed by atoms with Crippen molar-refractivity contribution >= 4 is 6.03 Å². The number of aliphatic hydroxyl groups excluding tert-OH is 4. The van der Waals surface area contributed by atoms with Crippen LogP contribution in [-0.4, -0.2) is 85.2 Å². The molecule has 0 saturated heterocycles. The van der Waals surface area contributed by atoms with Gasteiger partial charge in [0, 0.05) is 25.0 Å². The molecule has 0 aliphatic carbocycles. The highest BCUT2D eigenvalue weighted by molar-refractivity contribution is 5.73. The molecule has 0 aromatic heterocycles. The maximum Gasteiger partial charge on any atom is 0.314 e. The topological polar surface area (TPSA) is 157 Å². The summed E-state index contributed by atoms with van der Waals surface area (Å²) in [7, 11) is 0. The summed E-state index contributed by atoms with van der Waals surface area (Å²) in [6, 6.07) is -0.226. The fourth-order valence-electron chi connectivity index (χ4n) is 2.03. The van der Waals surface area contributed by atoms with E-state index >= 15 is 0 Å². The predicted molar refractivity (Wildman–Crippen MR) is 94.0 cm³/mol. The zero-order valence-electron chi connectivity index (χ0n) is 15.1. The molecule has 0 aliphatic heterocycles. The van der Waals surface area contributed by atoms with Crippen molar-refractivity contribution in [3.8, 4) is 0 Å². The van der Waals surface area contributed by atoms with Crippen molar-refractivity contribution < 1.29 is 30.0 Å². The lowest BCUT2D eigenvalue weighted by Gasteiger charge is -2.30. The molecule has 0 saturated carbocycles. The SMILES string of the molecule is C[C@H](N)CCCCNC(=O)NCC(CO)(CO)COCC(CO)CO. The molecule has 25 heavy (non-hydrogen) atoms. The van der Waals surface area contributed by atoms with E-state index in [0.29, 0.717) is 6.54 Å². The number of rotatable bonds is 15. The Bertz CT molecular complexity index is 336. The van der Waals surface area contributed by atoms with Gasteiger partial charge in [-0.15, -0.1) is 0 Å². The van der Waals surface area contributed by atoms with Gasteiger partial charge < -0.3 is 41.5 Å². The molecule has 0 spiro atoms. The summed E-state index contributed by atoms with van der Waals surface area (Å²) in [6.45, 7) is 1.41. The Hall–Kier alpha value is -0.970. The number of unbranched alkanes of at least 4 members (excludes halogenated alkanes) is 1. The second-order valence-corrected chi connectivity index (χ2v) is 6.65. The minimum atomic E-state index is -1.03. The number of urea groups is 1. The molecule has 0 fully saturated rings. The van der Waals surface area contributed by atoms with Gasteiger partial charge in [0.25, 0.3) is 0 Å². The first kappa shape index (κ1) is 24.0. The number of ether oxygens (including phenoxy) is 1. The maximum atomic E-state index is 11.8. The average Bonchev–Trinajstić information content (AvgIpc) is 2.61. The van der Waals surface area contributed by atoms with Gasteiger partial charge in [0.1, 0.15) is 0 Å². The van der Waals surface area contributed by atoms with Gasteiger partial charge in [-0.2, -0.15) is 0 Å². The van der Waals surface area contributed by atoms with Gasteiger partial charge >= 0.3 is 6.03 Å². The molecule has 9 nitrogen and oxygen atoms in total. The van der Waals surface area contributed by atoms with Crippen molar-refractivity contribution in [3.63, 3.8) is 0 Å². The lowest BCUT2D eigenvalue weighted by molar-refractivity contribution is -0.0435. The molecule has 0 heterocycles. The van der Waals surface area contributed by atoms with Crippen LogP contribution in [-0.2, 0) is 4.74 Å². The van der Waals surface area contributed by atoms with Crippen LogP contribution in [0.4, 0.5) is 4.79 Å². The highest BCUT2D eigenvalue weighted by Crippen LogP contribution is 2.15. The quantitative estimate of drug-likeness (QED) is 0.172. The van der Waals surface area contributed by atoms with Crippen LogP contribution >= 0.6 is 0 Å². The number of nitrogens with one attached hydrogen (secondary N) is 2. The van der Waals surface area contributed by atoms with E-state index in [4.69, 9.17) is 20.7 Å². The molecule has 0 aromatic rings. The Labute approximate surface area is 149 Å². The van der Waals surface area contributed by atoms with Gasteiger partial charge in [-0.1, -0.05) is 6.42 Å². The molecule has 0 aromatic carbocycles. The summed E-state index contributed by atoms with van der Waals surface area (Å²) in [5.74, 6) is -0.414. The van der Waals surface area contributed by atoms with Crippen molar-refractivity contribution in [2.75, 3.05) is 52.7 Å². The van der Waals surface area contributed by atoms with Crippen LogP contribution in [0.5, 0.6) is 0 Å². The van der Waals surface area contributed by atoms with E-state index in [1.165, 1.54) is 0 Å². The van der Waals surface area contributed by atoms with Crippen LogP contribution in [0.1, 0.15) is 26.2 Å². The number of hydrogen-bond donors (Lipinski definition) is 7. The smallest absolute Gasteiger partial charge is 0.314 e. The van der Waals surface area contributed by atoms with E-state index < -0.39 is 11.3 Å². The van der Waals surface area contributed by atoms with Crippen LogP contribution in [0.3, 0.4) is 0 Å². The molecule has 2 amide bonds. The van der Waals surface area contributed by atoms with Gasteiger partial charge in [-0.05, 0) is 19.8 Å². The molecular formula is C16H35N3O6. The van der Waals surface area contributed by atoms with Crippen LogP contribution in [0.25, 0.3) is 0 Å². The van der Waals surface area contributed by atoms with E-state index in [2.05, 4.69) is 10.6 Å². The fourth-order valence-corrected chi connectivity index (χ4v) is 2.03. The molecule has 0 bridgehead atoms. The summed E-state index contributed by atoms with van der Waals surface area (Å²) in [6.07, 6.45) is 2.66. The van der Waals surface area contributed by atoms with E-state index in [9.17, 15) is 15.0 Å². The first-order chi connectivity index (χ1) is 11.9. The lowest BCUT2D eigenvalue weighted by Crippen LogP contribution is -2.48. The first-order valence-electron chi connectivity index (χ1n) is 8.71. The van der Waals surface area contributed by atoms with Crippen molar-refractivity contribution in [2.45, 2.75) is 32.2 Å². The minimum Gasteiger partial charge on any atom is -0.396 e. The highest BCUT2D eigenvalue weighted by atomic mass is 16.5. The summed E-state index contributed by atoms with van der Waals surface area (Å²) in [4.78, 5) is 11.8. The maximum absolute atomic E-state index is 11.8. The zero-order chi connectivity index (χ0) is 19.1. The summed E-state index contributed by atoms with van der Waals surface area (Å²) in [5, 5.41) is 42.4.